The van der Waals surface area contributed by atoms with Gasteiger partial charge < -0.3 is 10.6 Å². The number of hydrogen-bond acceptors (Lipinski definition) is 2. The molecule has 0 aromatic heterocycles. The van der Waals surface area contributed by atoms with Crippen LogP contribution in [0.2, 0.25) is 0 Å². The summed E-state index contributed by atoms with van der Waals surface area (Å²) in [4.78, 5) is 13.4. The fourth-order valence-electron chi connectivity index (χ4n) is 1.84. The molecule has 1 aliphatic heterocycles. The van der Waals surface area contributed by atoms with Gasteiger partial charge in [-0.1, -0.05) is 0 Å². The van der Waals surface area contributed by atoms with E-state index in [1.54, 1.807) is 17.0 Å². The molecule has 0 radical (unpaired) electrons. The molecular weight excluding hydrogens is 195 g/mol. The summed E-state index contributed by atoms with van der Waals surface area (Å²) < 4.78 is 12.7. The van der Waals surface area contributed by atoms with E-state index in [1.165, 1.54) is 12.1 Å². The Morgan fingerprint density at radius 2 is 2.07 bits per heavy atom. The van der Waals surface area contributed by atoms with Crippen molar-refractivity contribution < 1.29 is 9.18 Å². The quantitative estimate of drug-likeness (QED) is 0.792. The average molecular weight is 208 g/mol. The van der Waals surface area contributed by atoms with Gasteiger partial charge in [0.15, 0.2) is 0 Å². The monoisotopic (exact) mass is 208 g/mol. The summed E-state index contributed by atoms with van der Waals surface area (Å²) in [5.74, 6) is -0.320. The van der Waals surface area contributed by atoms with Gasteiger partial charge in [0, 0.05) is 18.8 Å². The third kappa shape index (κ3) is 1.85. The van der Waals surface area contributed by atoms with Crippen LogP contribution in [-0.2, 0) is 4.79 Å². The van der Waals surface area contributed by atoms with E-state index in [0.717, 1.165) is 12.1 Å². The summed E-state index contributed by atoms with van der Waals surface area (Å²) >= 11 is 0. The molecule has 1 unspecified atom stereocenters. The Hall–Kier alpha value is -1.42. The predicted molar refractivity (Wildman–Crippen MR) is 55.9 cm³/mol. The second kappa shape index (κ2) is 3.98. The number of benzene rings is 1. The summed E-state index contributed by atoms with van der Waals surface area (Å²) in [5, 5.41) is 0. The third-order valence-electron chi connectivity index (χ3n) is 2.74. The maximum absolute atomic E-state index is 12.7. The van der Waals surface area contributed by atoms with Crippen molar-refractivity contribution in [3.05, 3.63) is 30.1 Å². The highest BCUT2D eigenvalue weighted by molar-refractivity contribution is 5.97. The Balaban J connectivity index is 2.19. The zero-order valence-corrected chi connectivity index (χ0v) is 8.32. The molecule has 0 spiro atoms. The van der Waals surface area contributed by atoms with Crippen LogP contribution in [0.25, 0.3) is 0 Å². The largest absolute Gasteiger partial charge is 0.330 e. The molecular formula is C11H13FN2O. The predicted octanol–water partition coefficient (Wildman–Crippen LogP) is 1.14. The first kappa shape index (κ1) is 10.1. The molecule has 2 rings (SSSR count). The van der Waals surface area contributed by atoms with E-state index in [9.17, 15) is 9.18 Å². The minimum atomic E-state index is -0.291. The number of hydrogen-bond donors (Lipinski definition) is 1. The molecule has 15 heavy (non-hydrogen) atoms. The SMILES string of the molecule is NCC1CCN(c2ccc(F)cc2)C1=O. The van der Waals surface area contributed by atoms with E-state index < -0.39 is 0 Å². The molecule has 2 N–H and O–H groups in total. The van der Waals surface area contributed by atoms with Crippen molar-refractivity contribution in [3.8, 4) is 0 Å². The second-order valence-electron chi connectivity index (χ2n) is 3.69. The zero-order chi connectivity index (χ0) is 10.8. The molecule has 1 atom stereocenters. The van der Waals surface area contributed by atoms with Crippen LogP contribution in [0.4, 0.5) is 10.1 Å². The van der Waals surface area contributed by atoms with Gasteiger partial charge in [-0.15, -0.1) is 0 Å². The highest BCUT2D eigenvalue weighted by Gasteiger charge is 2.31. The molecule has 0 aliphatic carbocycles. The van der Waals surface area contributed by atoms with Crippen LogP contribution < -0.4 is 10.6 Å². The van der Waals surface area contributed by atoms with Crippen LogP contribution >= 0.6 is 0 Å². The fourth-order valence-corrected chi connectivity index (χ4v) is 1.84. The summed E-state index contributed by atoms with van der Waals surface area (Å²) in [6.07, 6.45) is 0.784. The lowest BCUT2D eigenvalue weighted by Crippen LogP contribution is -2.29. The Kier molecular flexibility index (Phi) is 2.68. The maximum atomic E-state index is 12.7. The number of halogens is 1. The molecule has 0 bridgehead atoms. The number of nitrogens with two attached hydrogens (primary N) is 1. The summed E-state index contributed by atoms with van der Waals surface area (Å²) in [5.41, 5.74) is 6.23. The van der Waals surface area contributed by atoms with E-state index in [4.69, 9.17) is 5.73 Å². The van der Waals surface area contributed by atoms with Crippen LogP contribution in [0.3, 0.4) is 0 Å². The van der Waals surface area contributed by atoms with E-state index in [1.807, 2.05) is 0 Å². The van der Waals surface area contributed by atoms with Crippen LogP contribution in [0.15, 0.2) is 24.3 Å². The summed E-state index contributed by atoms with van der Waals surface area (Å²) in [6.45, 7) is 1.06. The van der Waals surface area contributed by atoms with Crippen LogP contribution in [-0.4, -0.2) is 19.0 Å². The lowest BCUT2D eigenvalue weighted by molar-refractivity contribution is -0.120. The zero-order valence-electron chi connectivity index (χ0n) is 8.32. The third-order valence-corrected chi connectivity index (χ3v) is 2.74. The molecule has 1 aromatic carbocycles. The molecule has 1 aromatic rings. The second-order valence-corrected chi connectivity index (χ2v) is 3.69. The molecule has 80 valence electrons. The Bertz CT molecular complexity index is 363. The summed E-state index contributed by atoms with van der Waals surface area (Å²) in [7, 11) is 0. The van der Waals surface area contributed by atoms with E-state index >= 15 is 0 Å². The van der Waals surface area contributed by atoms with Crippen molar-refractivity contribution >= 4 is 11.6 Å². The Morgan fingerprint density at radius 3 is 2.60 bits per heavy atom. The average Bonchev–Trinajstić information content (AvgIpc) is 2.61. The minimum absolute atomic E-state index is 0.0455. The van der Waals surface area contributed by atoms with Crippen molar-refractivity contribution in [2.24, 2.45) is 11.7 Å². The lowest BCUT2D eigenvalue weighted by Gasteiger charge is -2.16. The van der Waals surface area contributed by atoms with Gasteiger partial charge >= 0.3 is 0 Å². The molecule has 1 heterocycles. The van der Waals surface area contributed by atoms with Gasteiger partial charge in [-0.3, -0.25) is 4.79 Å². The van der Waals surface area contributed by atoms with Gasteiger partial charge in [-0.25, -0.2) is 4.39 Å². The van der Waals surface area contributed by atoms with Gasteiger partial charge in [-0.05, 0) is 30.7 Å². The Labute approximate surface area is 87.7 Å². The fraction of sp³-hybridized carbons (Fsp3) is 0.364. The van der Waals surface area contributed by atoms with Crippen molar-refractivity contribution in [2.75, 3.05) is 18.0 Å². The first-order valence-corrected chi connectivity index (χ1v) is 4.99. The molecule has 4 heteroatoms. The topological polar surface area (TPSA) is 46.3 Å². The standard InChI is InChI=1S/C11H13FN2O/c12-9-1-3-10(4-2-9)14-6-5-8(7-13)11(14)15/h1-4,8H,5-7,13H2. The van der Waals surface area contributed by atoms with Crippen LogP contribution in [0.1, 0.15) is 6.42 Å². The highest BCUT2D eigenvalue weighted by atomic mass is 19.1. The summed E-state index contributed by atoms with van der Waals surface area (Å²) in [6, 6.07) is 5.95. The van der Waals surface area contributed by atoms with Crippen molar-refractivity contribution in [1.82, 2.24) is 0 Å². The number of carbonyl (C=O) groups is 1. The molecule has 0 saturated carbocycles. The molecule has 1 aliphatic rings. The van der Waals surface area contributed by atoms with Gasteiger partial charge in [-0.2, -0.15) is 0 Å². The number of rotatable bonds is 2. The van der Waals surface area contributed by atoms with Crippen LogP contribution in [0, 0.1) is 11.7 Å². The van der Waals surface area contributed by atoms with Crippen LogP contribution in [0.5, 0.6) is 0 Å². The minimum Gasteiger partial charge on any atom is -0.330 e. The normalized spacial score (nSPS) is 21.1. The van der Waals surface area contributed by atoms with E-state index in [2.05, 4.69) is 0 Å². The number of amides is 1. The molecule has 1 saturated heterocycles. The van der Waals surface area contributed by atoms with Gasteiger partial charge in [0.1, 0.15) is 5.82 Å². The maximum Gasteiger partial charge on any atom is 0.231 e. The van der Waals surface area contributed by atoms with E-state index in [-0.39, 0.29) is 17.6 Å². The van der Waals surface area contributed by atoms with Gasteiger partial charge in [0.05, 0.1) is 5.92 Å². The number of nitrogens with zero attached hydrogens (tertiary/aromatic N) is 1. The highest BCUT2D eigenvalue weighted by Crippen LogP contribution is 2.24. The Morgan fingerprint density at radius 1 is 1.40 bits per heavy atom. The van der Waals surface area contributed by atoms with Crippen molar-refractivity contribution in [3.63, 3.8) is 0 Å². The van der Waals surface area contributed by atoms with E-state index in [0.29, 0.717) is 13.1 Å². The number of carbonyl (C=O) groups excluding carboxylic acids is 1. The first-order chi connectivity index (χ1) is 7.22. The van der Waals surface area contributed by atoms with Gasteiger partial charge in [0.25, 0.3) is 0 Å². The first-order valence-electron chi connectivity index (χ1n) is 4.99. The molecule has 3 nitrogen and oxygen atoms in total. The molecule has 1 fully saturated rings. The van der Waals surface area contributed by atoms with Crippen molar-refractivity contribution in [2.45, 2.75) is 6.42 Å². The lowest BCUT2D eigenvalue weighted by atomic mass is 10.1. The van der Waals surface area contributed by atoms with Gasteiger partial charge in [0.2, 0.25) is 5.91 Å². The smallest absolute Gasteiger partial charge is 0.231 e. The molecule has 1 amide bonds. The van der Waals surface area contributed by atoms with Crippen molar-refractivity contribution in [1.29, 1.82) is 0 Å². The number of anilines is 1.